The van der Waals surface area contributed by atoms with E-state index >= 15 is 0 Å². The fraction of sp³-hybridized carbons (Fsp3) is 0.300. The molecule has 0 spiro atoms. The number of piperidine rings is 1. The molecule has 2 aromatic heterocycles. The second kappa shape index (κ2) is 7.25. The van der Waals surface area contributed by atoms with Gasteiger partial charge < -0.3 is 4.90 Å². The predicted molar refractivity (Wildman–Crippen MR) is 106 cm³/mol. The number of rotatable bonds is 4. The van der Waals surface area contributed by atoms with Crippen molar-refractivity contribution in [2.75, 3.05) is 18.0 Å². The summed E-state index contributed by atoms with van der Waals surface area (Å²) in [6, 6.07) is 10.9. The molecule has 0 saturated carbocycles. The van der Waals surface area contributed by atoms with Gasteiger partial charge in [-0.05, 0) is 44.0 Å². The summed E-state index contributed by atoms with van der Waals surface area (Å²) in [7, 11) is -3.63. The first-order valence-corrected chi connectivity index (χ1v) is 10.5. The van der Waals surface area contributed by atoms with Gasteiger partial charge in [-0.1, -0.05) is 12.1 Å². The highest BCUT2D eigenvalue weighted by molar-refractivity contribution is 7.89. The molecule has 1 aromatic carbocycles. The second-order valence-electron chi connectivity index (χ2n) is 6.87. The van der Waals surface area contributed by atoms with Crippen LogP contribution in [0.25, 0.3) is 10.8 Å². The first kappa shape index (κ1) is 17.9. The number of benzene rings is 1. The Kier molecular flexibility index (Phi) is 4.80. The van der Waals surface area contributed by atoms with Crippen LogP contribution in [-0.4, -0.2) is 37.5 Å². The van der Waals surface area contributed by atoms with E-state index in [-0.39, 0.29) is 6.04 Å². The van der Waals surface area contributed by atoms with Crippen molar-refractivity contribution < 1.29 is 8.42 Å². The highest BCUT2D eigenvalue weighted by atomic mass is 32.2. The number of hydrogen-bond acceptors (Lipinski definition) is 5. The van der Waals surface area contributed by atoms with Crippen molar-refractivity contribution in [1.29, 1.82) is 0 Å². The normalized spacial score (nSPS) is 18.0. The molecule has 0 radical (unpaired) electrons. The largest absolute Gasteiger partial charge is 0.369 e. The van der Waals surface area contributed by atoms with Crippen LogP contribution in [0.5, 0.6) is 0 Å². The standard InChI is InChI=1S/C20H22N4O2S/c1-15-18-7-2-8-20(19(18)9-11-22-15)27(25,26)23-16-5-4-12-24(14-16)17-6-3-10-21-13-17/h2-3,6-11,13,16,23H,4-5,12,14H2,1H3. The minimum Gasteiger partial charge on any atom is -0.369 e. The highest BCUT2D eigenvalue weighted by Gasteiger charge is 2.26. The zero-order valence-electron chi connectivity index (χ0n) is 15.2. The highest BCUT2D eigenvalue weighted by Crippen LogP contribution is 2.25. The zero-order valence-corrected chi connectivity index (χ0v) is 16.0. The third-order valence-electron chi connectivity index (χ3n) is 5.01. The summed E-state index contributed by atoms with van der Waals surface area (Å²) in [6.45, 7) is 3.43. The monoisotopic (exact) mass is 382 g/mol. The lowest BCUT2D eigenvalue weighted by atomic mass is 10.1. The number of hydrogen-bond donors (Lipinski definition) is 1. The van der Waals surface area contributed by atoms with E-state index in [1.807, 2.05) is 31.3 Å². The van der Waals surface area contributed by atoms with Crippen molar-refractivity contribution in [1.82, 2.24) is 14.7 Å². The fourth-order valence-corrected chi connectivity index (χ4v) is 5.17. The van der Waals surface area contributed by atoms with Crippen LogP contribution in [0.4, 0.5) is 5.69 Å². The minimum atomic E-state index is -3.63. The van der Waals surface area contributed by atoms with Crippen LogP contribution in [0.15, 0.2) is 59.9 Å². The Balaban J connectivity index is 1.60. The summed E-state index contributed by atoms with van der Waals surface area (Å²) >= 11 is 0. The number of fused-ring (bicyclic) bond motifs is 1. The Morgan fingerprint density at radius 1 is 1.11 bits per heavy atom. The van der Waals surface area contributed by atoms with Gasteiger partial charge in [-0.3, -0.25) is 9.97 Å². The molecule has 7 heteroatoms. The average Bonchev–Trinajstić information content (AvgIpc) is 2.68. The van der Waals surface area contributed by atoms with E-state index in [9.17, 15) is 8.42 Å². The molecule has 3 aromatic rings. The molecule has 27 heavy (non-hydrogen) atoms. The van der Waals surface area contributed by atoms with E-state index < -0.39 is 10.0 Å². The molecule has 6 nitrogen and oxygen atoms in total. The van der Waals surface area contributed by atoms with Gasteiger partial charge in [0.25, 0.3) is 0 Å². The topological polar surface area (TPSA) is 75.2 Å². The number of nitrogens with one attached hydrogen (secondary N) is 1. The van der Waals surface area contributed by atoms with E-state index in [0.717, 1.165) is 36.2 Å². The lowest BCUT2D eigenvalue weighted by Gasteiger charge is -2.34. The van der Waals surface area contributed by atoms with Crippen LogP contribution in [0, 0.1) is 6.92 Å². The first-order chi connectivity index (χ1) is 13.0. The van der Waals surface area contributed by atoms with Crippen LogP contribution in [0.2, 0.25) is 0 Å². The van der Waals surface area contributed by atoms with E-state index in [4.69, 9.17) is 0 Å². The Morgan fingerprint density at radius 3 is 2.81 bits per heavy atom. The molecule has 140 valence electrons. The third kappa shape index (κ3) is 3.65. The van der Waals surface area contributed by atoms with Gasteiger partial charge in [0.1, 0.15) is 0 Å². The molecular formula is C20H22N4O2S. The number of nitrogens with zero attached hydrogens (tertiary/aromatic N) is 3. The fourth-order valence-electron chi connectivity index (χ4n) is 3.69. The van der Waals surface area contributed by atoms with Crippen LogP contribution in [0.3, 0.4) is 0 Å². The van der Waals surface area contributed by atoms with Gasteiger partial charge in [0, 0.05) is 48.0 Å². The third-order valence-corrected chi connectivity index (χ3v) is 6.59. The molecule has 0 bridgehead atoms. The number of anilines is 1. The van der Waals surface area contributed by atoms with Gasteiger partial charge in [0.15, 0.2) is 0 Å². The van der Waals surface area contributed by atoms with Crippen molar-refractivity contribution in [3.63, 3.8) is 0 Å². The number of sulfonamides is 1. The van der Waals surface area contributed by atoms with Gasteiger partial charge in [0.05, 0.1) is 16.8 Å². The summed E-state index contributed by atoms with van der Waals surface area (Å²) in [5.41, 5.74) is 1.85. The molecule has 0 aliphatic carbocycles. The van der Waals surface area contributed by atoms with Gasteiger partial charge >= 0.3 is 0 Å². The van der Waals surface area contributed by atoms with Crippen molar-refractivity contribution in [2.45, 2.75) is 30.7 Å². The Morgan fingerprint density at radius 2 is 2.00 bits per heavy atom. The number of pyridine rings is 2. The van der Waals surface area contributed by atoms with Gasteiger partial charge in [-0.2, -0.15) is 0 Å². The van der Waals surface area contributed by atoms with Crippen molar-refractivity contribution in [3.8, 4) is 0 Å². The zero-order chi connectivity index (χ0) is 18.9. The predicted octanol–water partition coefficient (Wildman–Crippen LogP) is 2.89. The molecule has 1 unspecified atom stereocenters. The molecule has 3 heterocycles. The number of aryl methyl sites for hydroxylation is 1. The van der Waals surface area contributed by atoms with E-state index in [1.54, 1.807) is 30.6 Å². The maximum Gasteiger partial charge on any atom is 0.241 e. The quantitative estimate of drug-likeness (QED) is 0.751. The molecule has 0 amide bonds. The van der Waals surface area contributed by atoms with Gasteiger partial charge in [-0.15, -0.1) is 0 Å². The summed E-state index contributed by atoms with van der Waals surface area (Å²) in [6.07, 6.45) is 6.96. The molecule has 4 rings (SSSR count). The van der Waals surface area contributed by atoms with E-state index in [2.05, 4.69) is 19.6 Å². The summed E-state index contributed by atoms with van der Waals surface area (Å²) in [5, 5.41) is 1.57. The summed E-state index contributed by atoms with van der Waals surface area (Å²) in [4.78, 5) is 10.9. The summed E-state index contributed by atoms with van der Waals surface area (Å²) in [5.74, 6) is 0. The van der Waals surface area contributed by atoms with E-state index in [1.165, 1.54) is 0 Å². The molecule has 1 aliphatic rings. The maximum atomic E-state index is 13.1. The second-order valence-corrected chi connectivity index (χ2v) is 8.55. The molecule has 1 N–H and O–H groups in total. The molecule has 1 atom stereocenters. The molecule has 1 saturated heterocycles. The summed E-state index contributed by atoms with van der Waals surface area (Å²) < 4.78 is 29.1. The van der Waals surface area contributed by atoms with Crippen LogP contribution < -0.4 is 9.62 Å². The molecule has 1 fully saturated rings. The molecular weight excluding hydrogens is 360 g/mol. The van der Waals surface area contributed by atoms with Crippen molar-refractivity contribution >= 4 is 26.5 Å². The maximum absolute atomic E-state index is 13.1. The van der Waals surface area contributed by atoms with Crippen molar-refractivity contribution in [3.05, 3.63) is 60.7 Å². The Hall–Kier alpha value is -2.51. The van der Waals surface area contributed by atoms with Crippen molar-refractivity contribution in [2.24, 2.45) is 0 Å². The van der Waals surface area contributed by atoms with Gasteiger partial charge in [-0.25, -0.2) is 13.1 Å². The smallest absolute Gasteiger partial charge is 0.241 e. The lowest BCUT2D eigenvalue weighted by Crippen LogP contribution is -2.47. The van der Waals surface area contributed by atoms with E-state index in [0.29, 0.717) is 16.8 Å². The van der Waals surface area contributed by atoms with Crippen LogP contribution in [-0.2, 0) is 10.0 Å². The lowest BCUT2D eigenvalue weighted by molar-refractivity contribution is 0.466. The Bertz CT molecular complexity index is 1050. The minimum absolute atomic E-state index is 0.137. The van der Waals surface area contributed by atoms with Crippen LogP contribution >= 0.6 is 0 Å². The first-order valence-electron chi connectivity index (χ1n) is 9.06. The number of aromatic nitrogens is 2. The van der Waals surface area contributed by atoms with Crippen LogP contribution in [0.1, 0.15) is 18.5 Å². The molecule has 1 aliphatic heterocycles. The van der Waals surface area contributed by atoms with Gasteiger partial charge in [0.2, 0.25) is 10.0 Å². The average molecular weight is 382 g/mol. The Labute approximate surface area is 159 Å². The SMILES string of the molecule is Cc1nccc2c(S(=O)(=O)NC3CCCN(c4cccnc4)C3)cccc12.